The highest BCUT2D eigenvalue weighted by atomic mass is 35.5. The molecule has 0 aromatic rings. The molecule has 0 heterocycles. The molecule has 0 rings (SSSR count). The Morgan fingerprint density at radius 3 is 2.62 bits per heavy atom. The van der Waals surface area contributed by atoms with E-state index in [0.29, 0.717) is 6.61 Å². The van der Waals surface area contributed by atoms with Crippen LogP contribution in [-0.4, -0.2) is 34.0 Å². The summed E-state index contributed by atoms with van der Waals surface area (Å²) in [6.07, 6.45) is 2.33. The number of rotatable bonds is 6. The number of halogens is 1. The van der Waals surface area contributed by atoms with Crippen LogP contribution in [0.25, 0.3) is 0 Å². The van der Waals surface area contributed by atoms with Crippen LogP contribution in [0.15, 0.2) is 11.6 Å². The monoisotopic (exact) mass is 228 g/mol. The van der Waals surface area contributed by atoms with E-state index in [1.165, 1.54) is 5.54 Å². The van der Waals surface area contributed by atoms with Gasteiger partial charge in [0.25, 0.3) is 10.1 Å². The van der Waals surface area contributed by atoms with Gasteiger partial charge in [-0.05, 0) is 13.0 Å². The van der Waals surface area contributed by atoms with Crippen molar-refractivity contribution < 1.29 is 17.3 Å². The van der Waals surface area contributed by atoms with Gasteiger partial charge in [-0.1, -0.05) is 11.6 Å². The van der Waals surface area contributed by atoms with Crippen molar-refractivity contribution in [2.45, 2.75) is 13.0 Å². The Labute approximate surface area is 83.6 Å². The number of hydrogen-bond acceptors (Lipinski definition) is 4. The minimum atomic E-state index is -3.37. The SMILES string of the molecule is CC(COS(C)(=O)=O)OC/C=C/Cl. The van der Waals surface area contributed by atoms with E-state index in [4.69, 9.17) is 16.3 Å². The average molecular weight is 229 g/mol. The van der Waals surface area contributed by atoms with Gasteiger partial charge in [-0.25, -0.2) is 0 Å². The van der Waals surface area contributed by atoms with Crippen molar-refractivity contribution in [3.05, 3.63) is 11.6 Å². The molecule has 1 unspecified atom stereocenters. The highest BCUT2D eigenvalue weighted by Gasteiger charge is 2.06. The molecule has 0 fully saturated rings. The summed E-state index contributed by atoms with van der Waals surface area (Å²) in [7, 11) is -3.37. The van der Waals surface area contributed by atoms with Gasteiger partial charge in [0.05, 0.1) is 25.6 Å². The van der Waals surface area contributed by atoms with E-state index >= 15 is 0 Å². The van der Waals surface area contributed by atoms with Crippen molar-refractivity contribution in [2.24, 2.45) is 0 Å². The van der Waals surface area contributed by atoms with Crippen molar-refractivity contribution in [1.82, 2.24) is 0 Å². The number of hydrogen-bond donors (Lipinski definition) is 0. The maximum atomic E-state index is 10.6. The fraction of sp³-hybridized carbons (Fsp3) is 0.714. The van der Waals surface area contributed by atoms with Crippen LogP contribution < -0.4 is 0 Å². The van der Waals surface area contributed by atoms with Crippen molar-refractivity contribution in [1.29, 1.82) is 0 Å². The maximum Gasteiger partial charge on any atom is 0.264 e. The van der Waals surface area contributed by atoms with Crippen molar-refractivity contribution >= 4 is 21.7 Å². The lowest BCUT2D eigenvalue weighted by Crippen LogP contribution is -2.18. The first kappa shape index (κ1) is 12.9. The Hall–Kier alpha value is -0.100. The van der Waals surface area contributed by atoms with Gasteiger partial charge in [0.1, 0.15) is 0 Å². The first-order valence-electron chi connectivity index (χ1n) is 3.67. The molecule has 0 saturated carbocycles. The Kier molecular flexibility index (Phi) is 6.32. The first-order valence-corrected chi connectivity index (χ1v) is 5.92. The molecule has 0 N–H and O–H groups in total. The maximum absolute atomic E-state index is 10.6. The summed E-state index contributed by atoms with van der Waals surface area (Å²) in [5.74, 6) is 0. The van der Waals surface area contributed by atoms with Crippen LogP contribution in [0.1, 0.15) is 6.92 Å². The second-order valence-electron chi connectivity index (χ2n) is 2.49. The molecule has 0 aliphatic carbocycles. The third kappa shape index (κ3) is 9.82. The van der Waals surface area contributed by atoms with Crippen LogP contribution in [-0.2, 0) is 19.0 Å². The lowest BCUT2D eigenvalue weighted by atomic mass is 10.4. The van der Waals surface area contributed by atoms with E-state index in [1.54, 1.807) is 13.0 Å². The molecule has 0 radical (unpaired) electrons. The van der Waals surface area contributed by atoms with Crippen LogP contribution in [0.3, 0.4) is 0 Å². The molecule has 0 aliphatic rings. The van der Waals surface area contributed by atoms with Gasteiger partial charge in [-0.15, -0.1) is 0 Å². The predicted molar refractivity (Wildman–Crippen MR) is 51.2 cm³/mol. The highest BCUT2D eigenvalue weighted by Crippen LogP contribution is 1.96. The zero-order valence-electron chi connectivity index (χ0n) is 7.57. The normalized spacial score (nSPS) is 15.0. The summed E-state index contributed by atoms with van der Waals surface area (Å²) in [5, 5.41) is 0. The lowest BCUT2D eigenvalue weighted by molar-refractivity contribution is 0.0516. The molecule has 0 aromatic carbocycles. The summed E-state index contributed by atoms with van der Waals surface area (Å²) in [5.41, 5.74) is 1.34. The van der Waals surface area contributed by atoms with Crippen LogP contribution in [0.4, 0.5) is 0 Å². The molecule has 6 heteroatoms. The van der Waals surface area contributed by atoms with E-state index in [0.717, 1.165) is 6.26 Å². The van der Waals surface area contributed by atoms with Crippen LogP contribution >= 0.6 is 11.6 Å². The zero-order valence-corrected chi connectivity index (χ0v) is 9.14. The molecule has 0 spiro atoms. The van der Waals surface area contributed by atoms with Gasteiger partial charge in [-0.2, -0.15) is 8.42 Å². The summed E-state index contributed by atoms with van der Waals surface area (Å²) in [6.45, 7) is 2.08. The average Bonchev–Trinajstić information content (AvgIpc) is 2.00. The molecule has 78 valence electrons. The third-order valence-electron chi connectivity index (χ3n) is 1.08. The van der Waals surface area contributed by atoms with E-state index < -0.39 is 10.1 Å². The largest absolute Gasteiger partial charge is 0.372 e. The van der Waals surface area contributed by atoms with E-state index in [2.05, 4.69) is 4.18 Å². The van der Waals surface area contributed by atoms with Gasteiger partial charge >= 0.3 is 0 Å². The third-order valence-corrected chi connectivity index (χ3v) is 1.83. The molecule has 1 atom stereocenters. The molecule has 0 aliphatic heterocycles. The van der Waals surface area contributed by atoms with Crippen molar-refractivity contribution in [2.75, 3.05) is 19.5 Å². The van der Waals surface area contributed by atoms with Gasteiger partial charge in [0.2, 0.25) is 0 Å². The molecular formula is C7H13ClO4S. The smallest absolute Gasteiger partial charge is 0.264 e. The molecule has 0 amide bonds. The van der Waals surface area contributed by atoms with E-state index in [9.17, 15) is 8.42 Å². The Balaban J connectivity index is 3.57. The van der Waals surface area contributed by atoms with Gasteiger partial charge in [-0.3, -0.25) is 4.18 Å². The molecule has 0 bridgehead atoms. The minimum Gasteiger partial charge on any atom is -0.372 e. The summed E-state index contributed by atoms with van der Waals surface area (Å²) in [6, 6.07) is 0. The second kappa shape index (κ2) is 6.37. The molecular weight excluding hydrogens is 216 g/mol. The van der Waals surface area contributed by atoms with Gasteiger partial charge in [0.15, 0.2) is 0 Å². The summed E-state index contributed by atoms with van der Waals surface area (Å²) >= 11 is 5.25. The Morgan fingerprint density at radius 1 is 1.54 bits per heavy atom. The lowest BCUT2D eigenvalue weighted by Gasteiger charge is -2.10. The Bertz CT molecular complexity index is 247. The van der Waals surface area contributed by atoms with Gasteiger partial charge in [0, 0.05) is 5.54 Å². The molecule has 13 heavy (non-hydrogen) atoms. The first-order chi connectivity index (χ1) is 5.95. The van der Waals surface area contributed by atoms with E-state index in [-0.39, 0.29) is 12.7 Å². The van der Waals surface area contributed by atoms with Crippen molar-refractivity contribution in [3.63, 3.8) is 0 Å². The predicted octanol–water partition coefficient (Wildman–Crippen LogP) is 1.12. The summed E-state index contributed by atoms with van der Waals surface area (Å²) < 4.78 is 30.7. The molecule has 0 aromatic heterocycles. The quantitative estimate of drug-likeness (QED) is 0.640. The summed E-state index contributed by atoms with van der Waals surface area (Å²) in [4.78, 5) is 0. The fourth-order valence-electron chi connectivity index (χ4n) is 0.524. The van der Waals surface area contributed by atoms with Crippen LogP contribution in [0.5, 0.6) is 0 Å². The fourth-order valence-corrected chi connectivity index (χ4v) is 1.04. The Morgan fingerprint density at radius 2 is 2.15 bits per heavy atom. The van der Waals surface area contributed by atoms with E-state index in [1.807, 2.05) is 0 Å². The van der Waals surface area contributed by atoms with Crippen LogP contribution in [0.2, 0.25) is 0 Å². The van der Waals surface area contributed by atoms with Gasteiger partial charge < -0.3 is 4.74 Å². The second-order valence-corrected chi connectivity index (χ2v) is 4.39. The van der Waals surface area contributed by atoms with Crippen molar-refractivity contribution in [3.8, 4) is 0 Å². The molecule has 4 nitrogen and oxygen atoms in total. The van der Waals surface area contributed by atoms with Crippen LogP contribution in [0, 0.1) is 0 Å². The molecule has 0 saturated heterocycles. The zero-order chi connectivity index (χ0) is 10.3. The highest BCUT2D eigenvalue weighted by molar-refractivity contribution is 7.85. The minimum absolute atomic E-state index is 0.0228. The number of ether oxygens (including phenoxy) is 1. The standard InChI is InChI=1S/C7H13ClO4S/c1-7(11-5-3-4-8)6-12-13(2,9)10/h3-4,7H,5-6H2,1-2H3/b4-3+. The topological polar surface area (TPSA) is 52.6 Å².